The molecule has 0 aliphatic rings. The fraction of sp³-hybridized carbons (Fsp3) is 0.375. The van der Waals surface area contributed by atoms with Crippen LogP contribution in [0.5, 0.6) is 5.75 Å². The summed E-state index contributed by atoms with van der Waals surface area (Å²) in [6.45, 7) is 2.47. The van der Waals surface area contributed by atoms with Gasteiger partial charge in [0.25, 0.3) is 0 Å². The Morgan fingerprint density at radius 1 is 1.55 bits per heavy atom. The largest absolute Gasteiger partial charge is 0.495 e. The lowest BCUT2D eigenvalue weighted by Crippen LogP contribution is -2.02. The molecule has 1 rings (SSSR count). The molecule has 1 heterocycles. The standard InChI is InChI=1S/C8H12N2O/c1-6-4-10-5-8(11-2)7(6)3-9/h4-5H,3,9H2,1-2H3. The van der Waals surface area contributed by atoms with Gasteiger partial charge in [0.2, 0.25) is 0 Å². The van der Waals surface area contributed by atoms with Gasteiger partial charge in [-0.05, 0) is 12.5 Å². The molecule has 60 valence electrons. The summed E-state index contributed by atoms with van der Waals surface area (Å²) in [7, 11) is 1.62. The molecule has 0 aromatic carbocycles. The van der Waals surface area contributed by atoms with Crippen LogP contribution in [0.25, 0.3) is 0 Å². The third kappa shape index (κ3) is 1.49. The molecule has 1 aromatic rings. The third-order valence-corrected chi connectivity index (χ3v) is 1.66. The number of aryl methyl sites for hydroxylation is 1. The van der Waals surface area contributed by atoms with Gasteiger partial charge in [0, 0.05) is 18.3 Å². The van der Waals surface area contributed by atoms with Crippen LogP contribution in [0.3, 0.4) is 0 Å². The Kier molecular flexibility index (Phi) is 2.44. The van der Waals surface area contributed by atoms with Gasteiger partial charge in [-0.1, -0.05) is 0 Å². The number of ether oxygens (including phenoxy) is 1. The predicted octanol–water partition coefficient (Wildman–Crippen LogP) is 0.857. The van der Waals surface area contributed by atoms with Crippen LogP contribution in [0.15, 0.2) is 12.4 Å². The minimum Gasteiger partial charge on any atom is -0.495 e. The Morgan fingerprint density at radius 3 is 2.73 bits per heavy atom. The number of aromatic nitrogens is 1. The first-order valence-electron chi connectivity index (χ1n) is 3.47. The number of methoxy groups -OCH3 is 1. The summed E-state index contributed by atoms with van der Waals surface area (Å²) in [5, 5.41) is 0. The zero-order valence-corrected chi connectivity index (χ0v) is 6.79. The molecule has 3 nitrogen and oxygen atoms in total. The van der Waals surface area contributed by atoms with Crippen molar-refractivity contribution in [1.29, 1.82) is 0 Å². The van der Waals surface area contributed by atoms with E-state index in [1.54, 1.807) is 19.5 Å². The van der Waals surface area contributed by atoms with E-state index >= 15 is 0 Å². The van der Waals surface area contributed by atoms with Gasteiger partial charge in [0.1, 0.15) is 5.75 Å². The molecule has 0 aliphatic heterocycles. The van der Waals surface area contributed by atoms with Crippen molar-refractivity contribution in [3.63, 3.8) is 0 Å². The molecule has 0 bridgehead atoms. The Bertz CT molecular complexity index is 248. The van der Waals surface area contributed by atoms with E-state index in [9.17, 15) is 0 Å². The molecule has 0 saturated carbocycles. The monoisotopic (exact) mass is 152 g/mol. The summed E-state index contributed by atoms with van der Waals surface area (Å²) in [6.07, 6.45) is 3.46. The van der Waals surface area contributed by atoms with E-state index in [-0.39, 0.29) is 0 Å². The maximum absolute atomic E-state index is 5.52. The Morgan fingerprint density at radius 2 is 2.27 bits per heavy atom. The van der Waals surface area contributed by atoms with Crippen LogP contribution < -0.4 is 10.5 Å². The van der Waals surface area contributed by atoms with E-state index in [0.717, 1.165) is 16.9 Å². The first-order valence-corrected chi connectivity index (χ1v) is 3.47. The lowest BCUT2D eigenvalue weighted by molar-refractivity contribution is 0.407. The molecule has 2 N–H and O–H groups in total. The average Bonchev–Trinajstić information content (AvgIpc) is 2.04. The quantitative estimate of drug-likeness (QED) is 0.683. The van der Waals surface area contributed by atoms with E-state index in [1.165, 1.54) is 0 Å². The first kappa shape index (κ1) is 8.01. The smallest absolute Gasteiger partial charge is 0.141 e. The van der Waals surface area contributed by atoms with Crippen LogP contribution in [-0.2, 0) is 6.54 Å². The molecule has 0 radical (unpaired) electrons. The van der Waals surface area contributed by atoms with Gasteiger partial charge in [0.05, 0.1) is 13.3 Å². The highest BCUT2D eigenvalue weighted by Gasteiger charge is 2.02. The second-order valence-corrected chi connectivity index (χ2v) is 2.34. The Labute approximate surface area is 66.2 Å². The van der Waals surface area contributed by atoms with Crippen LogP contribution in [0.1, 0.15) is 11.1 Å². The van der Waals surface area contributed by atoms with Crippen LogP contribution in [0.2, 0.25) is 0 Å². The van der Waals surface area contributed by atoms with Crippen molar-refractivity contribution in [2.24, 2.45) is 5.73 Å². The molecule has 11 heavy (non-hydrogen) atoms. The molecule has 1 aromatic heterocycles. The van der Waals surface area contributed by atoms with Crippen molar-refractivity contribution < 1.29 is 4.74 Å². The van der Waals surface area contributed by atoms with Crippen molar-refractivity contribution >= 4 is 0 Å². The van der Waals surface area contributed by atoms with Crippen LogP contribution in [-0.4, -0.2) is 12.1 Å². The summed E-state index contributed by atoms with van der Waals surface area (Å²) < 4.78 is 5.07. The van der Waals surface area contributed by atoms with Gasteiger partial charge >= 0.3 is 0 Å². The van der Waals surface area contributed by atoms with Crippen LogP contribution in [0, 0.1) is 6.92 Å². The molecule has 0 fully saturated rings. The summed E-state index contributed by atoms with van der Waals surface area (Å²) in [4.78, 5) is 3.98. The van der Waals surface area contributed by atoms with Crippen molar-refractivity contribution in [3.05, 3.63) is 23.5 Å². The molecule has 0 saturated heterocycles. The van der Waals surface area contributed by atoms with Crippen LogP contribution in [0.4, 0.5) is 0 Å². The molecule has 0 spiro atoms. The number of pyridine rings is 1. The normalized spacial score (nSPS) is 9.73. The fourth-order valence-electron chi connectivity index (χ4n) is 1.00. The van der Waals surface area contributed by atoms with Crippen LogP contribution >= 0.6 is 0 Å². The highest BCUT2D eigenvalue weighted by Crippen LogP contribution is 2.18. The molecular weight excluding hydrogens is 140 g/mol. The van der Waals surface area contributed by atoms with Crippen molar-refractivity contribution in [2.75, 3.05) is 7.11 Å². The van der Waals surface area contributed by atoms with Gasteiger partial charge < -0.3 is 10.5 Å². The van der Waals surface area contributed by atoms with Crippen molar-refractivity contribution in [3.8, 4) is 5.75 Å². The SMILES string of the molecule is COc1cncc(C)c1CN. The number of nitrogens with zero attached hydrogens (tertiary/aromatic N) is 1. The van der Waals surface area contributed by atoms with E-state index in [1.807, 2.05) is 6.92 Å². The first-order chi connectivity index (χ1) is 5.29. The number of hydrogen-bond acceptors (Lipinski definition) is 3. The molecule has 0 unspecified atom stereocenters. The Hall–Kier alpha value is -1.09. The van der Waals surface area contributed by atoms with Gasteiger partial charge in [0.15, 0.2) is 0 Å². The maximum atomic E-state index is 5.52. The van der Waals surface area contributed by atoms with E-state index in [0.29, 0.717) is 6.54 Å². The number of rotatable bonds is 2. The summed E-state index contributed by atoms with van der Waals surface area (Å²) in [5.74, 6) is 0.771. The highest BCUT2D eigenvalue weighted by atomic mass is 16.5. The number of nitrogens with two attached hydrogens (primary N) is 1. The second-order valence-electron chi connectivity index (χ2n) is 2.34. The summed E-state index contributed by atoms with van der Waals surface area (Å²) in [6, 6.07) is 0. The average molecular weight is 152 g/mol. The molecule has 0 amide bonds. The third-order valence-electron chi connectivity index (χ3n) is 1.66. The van der Waals surface area contributed by atoms with E-state index in [4.69, 9.17) is 10.5 Å². The second kappa shape index (κ2) is 3.34. The zero-order chi connectivity index (χ0) is 8.27. The highest BCUT2D eigenvalue weighted by molar-refractivity contribution is 5.35. The lowest BCUT2D eigenvalue weighted by Gasteiger charge is -2.07. The van der Waals surface area contributed by atoms with Crippen molar-refractivity contribution in [1.82, 2.24) is 4.98 Å². The van der Waals surface area contributed by atoms with Crippen molar-refractivity contribution in [2.45, 2.75) is 13.5 Å². The minimum atomic E-state index is 0.498. The maximum Gasteiger partial charge on any atom is 0.141 e. The van der Waals surface area contributed by atoms with Gasteiger partial charge in [-0.3, -0.25) is 4.98 Å². The molecule has 3 heteroatoms. The lowest BCUT2D eigenvalue weighted by atomic mass is 10.1. The van der Waals surface area contributed by atoms with E-state index in [2.05, 4.69) is 4.98 Å². The summed E-state index contributed by atoms with van der Waals surface area (Å²) >= 11 is 0. The zero-order valence-electron chi connectivity index (χ0n) is 6.79. The topological polar surface area (TPSA) is 48.1 Å². The van der Waals surface area contributed by atoms with Gasteiger partial charge in [-0.15, -0.1) is 0 Å². The molecule has 0 atom stereocenters. The van der Waals surface area contributed by atoms with Gasteiger partial charge in [-0.25, -0.2) is 0 Å². The number of hydrogen-bond donors (Lipinski definition) is 1. The van der Waals surface area contributed by atoms with Gasteiger partial charge in [-0.2, -0.15) is 0 Å². The minimum absolute atomic E-state index is 0.498. The fourth-order valence-corrected chi connectivity index (χ4v) is 1.00. The molecular formula is C8H12N2O. The Balaban J connectivity index is 3.13. The predicted molar refractivity (Wildman–Crippen MR) is 43.4 cm³/mol. The summed E-state index contributed by atoms with van der Waals surface area (Å²) in [5.41, 5.74) is 7.63. The molecule has 0 aliphatic carbocycles. The van der Waals surface area contributed by atoms with E-state index < -0.39 is 0 Å².